The Kier molecular flexibility index (Phi) is 3.08. The van der Waals surface area contributed by atoms with E-state index in [2.05, 4.69) is 14.7 Å². The summed E-state index contributed by atoms with van der Waals surface area (Å²) in [6.07, 6.45) is 1.15. The maximum Gasteiger partial charge on any atom is 0.409 e. The van der Waals surface area contributed by atoms with Crippen molar-refractivity contribution in [3.8, 4) is 5.75 Å². The summed E-state index contributed by atoms with van der Waals surface area (Å²) in [5, 5.41) is -0.0987. The Labute approximate surface area is 82.4 Å². The standard InChI is InChI=1S/C5HCl3N2O2/c6-3-2(12-5(8)11)1-9-4(7)10-3/h1H. The monoisotopic (exact) mass is 226 g/mol. The van der Waals surface area contributed by atoms with Gasteiger partial charge in [0.05, 0.1) is 6.20 Å². The molecular formula is C5HCl3N2O2. The minimum Gasteiger partial charge on any atom is -0.410 e. The molecule has 0 bridgehead atoms. The van der Waals surface area contributed by atoms with Gasteiger partial charge in [-0.2, -0.15) is 0 Å². The molecule has 0 unspecified atom stereocenters. The van der Waals surface area contributed by atoms with Crippen LogP contribution < -0.4 is 4.74 Å². The molecule has 0 N–H and O–H groups in total. The third-order valence-electron chi connectivity index (χ3n) is 0.872. The number of carbonyl (C=O) groups is 1. The molecule has 0 fully saturated rings. The van der Waals surface area contributed by atoms with Crippen molar-refractivity contribution in [3.05, 3.63) is 16.6 Å². The van der Waals surface area contributed by atoms with Gasteiger partial charge in [-0.3, -0.25) is 0 Å². The lowest BCUT2D eigenvalue weighted by Gasteiger charge is -1.99. The van der Waals surface area contributed by atoms with E-state index in [-0.39, 0.29) is 16.2 Å². The molecule has 0 radical (unpaired) electrons. The van der Waals surface area contributed by atoms with Crippen LogP contribution in [0.1, 0.15) is 0 Å². The summed E-state index contributed by atoms with van der Waals surface area (Å²) < 4.78 is 4.41. The van der Waals surface area contributed by atoms with Crippen molar-refractivity contribution in [2.75, 3.05) is 0 Å². The number of ether oxygens (including phenoxy) is 1. The summed E-state index contributed by atoms with van der Waals surface area (Å²) in [4.78, 5) is 17.3. The van der Waals surface area contributed by atoms with Crippen molar-refractivity contribution in [2.24, 2.45) is 0 Å². The Morgan fingerprint density at radius 1 is 1.50 bits per heavy atom. The first kappa shape index (κ1) is 9.51. The van der Waals surface area contributed by atoms with Crippen LogP contribution in [0.3, 0.4) is 0 Å². The van der Waals surface area contributed by atoms with Crippen LogP contribution in [0.25, 0.3) is 0 Å². The van der Waals surface area contributed by atoms with Crippen LogP contribution in [-0.4, -0.2) is 15.4 Å². The number of nitrogens with zero attached hydrogens (tertiary/aromatic N) is 2. The molecule has 0 saturated carbocycles. The van der Waals surface area contributed by atoms with Crippen LogP contribution in [0.2, 0.25) is 10.4 Å². The van der Waals surface area contributed by atoms with E-state index < -0.39 is 5.43 Å². The van der Waals surface area contributed by atoms with E-state index in [9.17, 15) is 4.79 Å². The highest BCUT2D eigenvalue weighted by atomic mass is 35.5. The van der Waals surface area contributed by atoms with Gasteiger partial charge in [-0.05, 0) is 11.6 Å². The van der Waals surface area contributed by atoms with Crippen LogP contribution in [0.4, 0.5) is 4.79 Å². The van der Waals surface area contributed by atoms with Crippen molar-refractivity contribution >= 4 is 40.2 Å². The molecule has 0 amide bonds. The van der Waals surface area contributed by atoms with Gasteiger partial charge >= 0.3 is 5.43 Å². The highest BCUT2D eigenvalue weighted by Crippen LogP contribution is 2.22. The molecule has 0 aromatic carbocycles. The molecule has 4 nitrogen and oxygen atoms in total. The van der Waals surface area contributed by atoms with Crippen molar-refractivity contribution in [2.45, 2.75) is 0 Å². The van der Waals surface area contributed by atoms with E-state index in [1.807, 2.05) is 0 Å². The summed E-state index contributed by atoms with van der Waals surface area (Å²) in [6.45, 7) is 0. The molecule has 0 atom stereocenters. The Bertz CT molecular complexity index is 318. The number of hydrogen-bond acceptors (Lipinski definition) is 4. The lowest BCUT2D eigenvalue weighted by Crippen LogP contribution is -1.98. The molecule has 1 aromatic rings. The molecule has 12 heavy (non-hydrogen) atoms. The number of halogens is 3. The molecule has 64 valence electrons. The fourth-order valence-electron chi connectivity index (χ4n) is 0.485. The number of aromatic nitrogens is 2. The summed E-state index contributed by atoms with van der Waals surface area (Å²) in [6, 6.07) is 0. The van der Waals surface area contributed by atoms with Gasteiger partial charge < -0.3 is 4.74 Å². The van der Waals surface area contributed by atoms with Crippen molar-refractivity contribution in [3.63, 3.8) is 0 Å². The number of hydrogen-bond donors (Lipinski definition) is 0. The van der Waals surface area contributed by atoms with Gasteiger partial charge in [0.25, 0.3) is 0 Å². The minimum atomic E-state index is -1.01. The lowest BCUT2D eigenvalue weighted by atomic mass is 10.6. The highest BCUT2D eigenvalue weighted by Gasteiger charge is 2.07. The van der Waals surface area contributed by atoms with E-state index >= 15 is 0 Å². The Balaban J connectivity index is 2.93. The van der Waals surface area contributed by atoms with Crippen LogP contribution in [-0.2, 0) is 0 Å². The van der Waals surface area contributed by atoms with Crippen LogP contribution in [0.5, 0.6) is 5.75 Å². The van der Waals surface area contributed by atoms with Gasteiger partial charge in [0, 0.05) is 11.6 Å². The van der Waals surface area contributed by atoms with Gasteiger partial charge in [0.2, 0.25) is 5.28 Å². The average Bonchev–Trinajstić information content (AvgIpc) is 1.94. The van der Waals surface area contributed by atoms with Gasteiger partial charge in [0.1, 0.15) is 0 Å². The first-order valence-corrected chi connectivity index (χ1v) is 3.78. The first-order chi connectivity index (χ1) is 5.59. The molecule has 0 aliphatic rings. The highest BCUT2D eigenvalue weighted by molar-refractivity contribution is 6.61. The zero-order valence-electron chi connectivity index (χ0n) is 5.42. The molecule has 1 rings (SSSR count). The van der Waals surface area contributed by atoms with E-state index in [4.69, 9.17) is 34.8 Å². The summed E-state index contributed by atoms with van der Waals surface area (Å²) in [5.41, 5.74) is -1.01. The van der Waals surface area contributed by atoms with Crippen molar-refractivity contribution in [1.82, 2.24) is 9.97 Å². The fraction of sp³-hybridized carbons (Fsp3) is 0. The smallest absolute Gasteiger partial charge is 0.409 e. The van der Waals surface area contributed by atoms with Gasteiger partial charge in [-0.25, -0.2) is 14.8 Å². The largest absolute Gasteiger partial charge is 0.410 e. The van der Waals surface area contributed by atoms with Crippen molar-refractivity contribution in [1.29, 1.82) is 0 Å². The topological polar surface area (TPSA) is 52.1 Å². The predicted molar refractivity (Wildman–Crippen MR) is 43.9 cm³/mol. The molecule has 1 aromatic heterocycles. The first-order valence-electron chi connectivity index (χ1n) is 2.65. The number of rotatable bonds is 1. The Morgan fingerprint density at radius 2 is 2.17 bits per heavy atom. The quantitative estimate of drug-likeness (QED) is 0.420. The summed E-state index contributed by atoms with van der Waals surface area (Å²) >= 11 is 15.8. The predicted octanol–water partition coefficient (Wildman–Crippen LogP) is 2.52. The molecule has 7 heteroatoms. The third-order valence-corrected chi connectivity index (χ3v) is 1.40. The fourth-order valence-corrected chi connectivity index (χ4v) is 0.912. The maximum absolute atomic E-state index is 10.2. The second-order valence-electron chi connectivity index (χ2n) is 1.63. The molecule has 0 saturated heterocycles. The maximum atomic E-state index is 10.2. The van der Waals surface area contributed by atoms with E-state index in [1.165, 1.54) is 0 Å². The third kappa shape index (κ3) is 2.48. The van der Waals surface area contributed by atoms with Crippen LogP contribution in [0, 0.1) is 0 Å². The second kappa shape index (κ2) is 3.89. The lowest BCUT2D eigenvalue weighted by molar-refractivity contribution is 0.225. The second-order valence-corrected chi connectivity index (χ2v) is 2.64. The van der Waals surface area contributed by atoms with Gasteiger partial charge in [-0.1, -0.05) is 11.6 Å². The van der Waals surface area contributed by atoms with Gasteiger partial charge in [-0.15, -0.1) is 0 Å². The van der Waals surface area contributed by atoms with Crippen LogP contribution in [0.15, 0.2) is 6.20 Å². The molecule has 1 heterocycles. The average molecular weight is 227 g/mol. The molecular weight excluding hydrogens is 226 g/mol. The summed E-state index contributed by atoms with van der Waals surface area (Å²) in [7, 11) is 0. The number of carbonyl (C=O) groups excluding carboxylic acids is 1. The zero-order chi connectivity index (χ0) is 9.14. The summed E-state index contributed by atoms with van der Waals surface area (Å²) in [5.74, 6) is -0.0268. The Hall–Kier alpha value is -0.580. The van der Waals surface area contributed by atoms with E-state index in [0.29, 0.717) is 0 Å². The van der Waals surface area contributed by atoms with Crippen LogP contribution >= 0.6 is 34.8 Å². The van der Waals surface area contributed by atoms with E-state index in [0.717, 1.165) is 6.20 Å². The Morgan fingerprint density at radius 3 is 2.67 bits per heavy atom. The molecule has 0 aliphatic carbocycles. The zero-order valence-corrected chi connectivity index (χ0v) is 7.69. The normalized spacial score (nSPS) is 9.58. The van der Waals surface area contributed by atoms with Gasteiger partial charge in [0.15, 0.2) is 10.9 Å². The molecule has 0 aliphatic heterocycles. The molecule has 0 spiro atoms. The SMILES string of the molecule is O=C(Cl)Oc1cnc(Cl)nc1Cl. The van der Waals surface area contributed by atoms with E-state index in [1.54, 1.807) is 0 Å². The minimum absolute atomic E-state index is 0.0268. The van der Waals surface area contributed by atoms with Crippen molar-refractivity contribution < 1.29 is 9.53 Å².